The summed E-state index contributed by atoms with van der Waals surface area (Å²) >= 11 is 0. The van der Waals surface area contributed by atoms with Gasteiger partial charge < -0.3 is 9.47 Å². The van der Waals surface area contributed by atoms with Crippen LogP contribution in [-0.2, 0) is 9.47 Å². The third-order valence-electron chi connectivity index (χ3n) is 6.68. The Balaban J connectivity index is 0. The van der Waals surface area contributed by atoms with Crippen molar-refractivity contribution >= 4 is 45.5 Å². The molecule has 2 aliphatic rings. The largest absolute Gasteiger partial charge is 0.382 e. The predicted octanol–water partition coefficient (Wildman–Crippen LogP) is 7.40. The molecule has 2 fully saturated rings. The zero-order valence-electron chi connectivity index (χ0n) is 22.8. The van der Waals surface area contributed by atoms with Gasteiger partial charge in [-0.15, -0.1) is 0 Å². The van der Waals surface area contributed by atoms with Gasteiger partial charge in [0, 0.05) is 59.7 Å². The molecule has 0 bridgehead atoms. The van der Waals surface area contributed by atoms with Gasteiger partial charge in [-0.3, -0.25) is 0 Å². The summed E-state index contributed by atoms with van der Waals surface area (Å²) in [5, 5.41) is 0. The molecule has 0 N–H and O–H groups in total. The van der Waals surface area contributed by atoms with Gasteiger partial charge in [-0.05, 0) is 72.0 Å². The van der Waals surface area contributed by atoms with Gasteiger partial charge in [0.15, 0.2) is 0 Å². The van der Waals surface area contributed by atoms with Crippen molar-refractivity contribution in [2.45, 2.75) is 94.9 Å². The SMILES string of the molecule is CCC[C]1[C](C)[C](C)[C](C)[C]1C.CCC[C]1[C](C)[C](C)[C](C)[C]1C.COCCOC.[Sr]. The molecule has 2 nitrogen and oxygen atoms in total. The minimum Gasteiger partial charge on any atom is -0.382 e. The van der Waals surface area contributed by atoms with Crippen LogP contribution in [0.15, 0.2) is 0 Å². The van der Waals surface area contributed by atoms with E-state index in [0.29, 0.717) is 13.2 Å². The molecule has 0 aromatic carbocycles. The first kappa shape index (κ1) is 34.6. The maximum absolute atomic E-state index is 4.66. The van der Waals surface area contributed by atoms with Gasteiger partial charge in [-0.25, -0.2) is 0 Å². The molecule has 0 atom stereocenters. The van der Waals surface area contributed by atoms with Crippen molar-refractivity contribution in [3.8, 4) is 0 Å². The van der Waals surface area contributed by atoms with Gasteiger partial charge in [0.1, 0.15) is 0 Å². The van der Waals surface area contributed by atoms with Crippen molar-refractivity contribution in [1.29, 1.82) is 0 Å². The monoisotopic (exact) mass is 504 g/mol. The smallest absolute Gasteiger partial charge is 0.0696 e. The summed E-state index contributed by atoms with van der Waals surface area (Å²) < 4.78 is 9.31. The van der Waals surface area contributed by atoms with Gasteiger partial charge in [0.25, 0.3) is 0 Å². The molecule has 2 saturated carbocycles. The fraction of sp³-hybridized carbons (Fsp3) is 0.643. The molecule has 0 unspecified atom stereocenters. The average molecular weight is 504 g/mol. The number of rotatable bonds is 7. The second-order valence-electron chi connectivity index (χ2n) is 8.44. The first-order valence-electron chi connectivity index (χ1n) is 11.5. The molecule has 3 heteroatoms. The van der Waals surface area contributed by atoms with Crippen molar-refractivity contribution in [3.05, 3.63) is 59.2 Å². The van der Waals surface area contributed by atoms with E-state index in [-0.39, 0.29) is 45.5 Å². The number of hydrogen-bond donors (Lipinski definition) is 0. The molecule has 0 aromatic rings. The van der Waals surface area contributed by atoms with Gasteiger partial charge >= 0.3 is 0 Å². The van der Waals surface area contributed by atoms with Gasteiger partial charge in [0.2, 0.25) is 0 Å². The van der Waals surface area contributed by atoms with Gasteiger partial charge in [-0.2, -0.15) is 0 Å². The van der Waals surface area contributed by atoms with E-state index in [2.05, 4.69) is 78.7 Å². The average Bonchev–Trinajstić information content (AvgIpc) is 3.03. The Morgan fingerprint density at radius 3 is 0.839 bits per heavy atom. The quantitative estimate of drug-likeness (QED) is 0.266. The summed E-state index contributed by atoms with van der Waals surface area (Å²) in [7, 11) is 3.30. The minimum absolute atomic E-state index is 0. The topological polar surface area (TPSA) is 18.5 Å². The van der Waals surface area contributed by atoms with E-state index in [4.69, 9.17) is 0 Å². The summed E-state index contributed by atoms with van der Waals surface area (Å²) in [5.41, 5.74) is 0. The minimum atomic E-state index is 0. The summed E-state index contributed by atoms with van der Waals surface area (Å²) in [6.07, 6.45) is 4.99. The molecule has 0 amide bonds. The second kappa shape index (κ2) is 18.7. The third kappa shape index (κ3) is 10.7. The Kier molecular flexibility index (Phi) is 20.8. The van der Waals surface area contributed by atoms with Crippen LogP contribution in [0.5, 0.6) is 0 Å². The second-order valence-corrected chi connectivity index (χ2v) is 8.44. The molecular weight excluding hydrogens is 456 g/mol. The van der Waals surface area contributed by atoms with Crippen LogP contribution in [0.2, 0.25) is 0 Å². The molecule has 0 aliphatic heterocycles. The van der Waals surface area contributed by atoms with E-state index < -0.39 is 0 Å². The number of ether oxygens (including phenoxy) is 2. The normalized spacial score (nSPS) is 21.7. The van der Waals surface area contributed by atoms with Crippen molar-refractivity contribution in [2.24, 2.45) is 0 Å². The van der Waals surface area contributed by atoms with Gasteiger partial charge in [0.05, 0.1) is 13.2 Å². The van der Waals surface area contributed by atoms with E-state index in [0.717, 1.165) is 0 Å². The van der Waals surface area contributed by atoms with Crippen LogP contribution in [0.4, 0.5) is 0 Å². The van der Waals surface area contributed by atoms with Gasteiger partial charge in [-0.1, -0.05) is 82.1 Å². The standard InChI is InChI=1S/2C12H19.C4H10O2.Sr/c2*1-6-7-12-10(4)8(2)9(3)11(12)5;1-5-3-4-6-2;/h2*6-7H2,1-5H3;3-4H2,1-2H3;. The van der Waals surface area contributed by atoms with Crippen LogP contribution in [0.25, 0.3) is 0 Å². The van der Waals surface area contributed by atoms with E-state index in [9.17, 15) is 0 Å². The first-order valence-corrected chi connectivity index (χ1v) is 11.5. The fourth-order valence-electron chi connectivity index (χ4n) is 4.01. The maximum Gasteiger partial charge on any atom is 0.0696 e. The Bertz CT molecular complexity index is 350. The van der Waals surface area contributed by atoms with Crippen LogP contribution in [0.1, 0.15) is 94.9 Å². The van der Waals surface area contributed by atoms with Crippen LogP contribution in [0, 0.1) is 59.2 Å². The van der Waals surface area contributed by atoms with Crippen LogP contribution in [-0.4, -0.2) is 72.9 Å². The molecule has 2 rings (SSSR count). The number of methoxy groups -OCH3 is 2. The van der Waals surface area contributed by atoms with E-state index >= 15 is 0 Å². The summed E-state index contributed by atoms with van der Waals surface area (Å²) in [4.78, 5) is 0. The summed E-state index contributed by atoms with van der Waals surface area (Å²) in [6.45, 7) is 23.8. The Labute approximate surface area is 234 Å². The zero-order chi connectivity index (χ0) is 23.4. The number of hydrogen-bond acceptors (Lipinski definition) is 2. The molecule has 0 spiro atoms. The fourth-order valence-corrected chi connectivity index (χ4v) is 4.01. The van der Waals surface area contributed by atoms with Crippen LogP contribution >= 0.6 is 0 Å². The van der Waals surface area contributed by atoms with Crippen LogP contribution < -0.4 is 0 Å². The van der Waals surface area contributed by atoms with E-state index in [1.165, 1.54) is 73.0 Å². The third-order valence-corrected chi connectivity index (χ3v) is 6.68. The van der Waals surface area contributed by atoms with Crippen molar-refractivity contribution in [2.75, 3.05) is 27.4 Å². The Morgan fingerprint density at radius 2 is 0.677 bits per heavy atom. The molecule has 2 aliphatic carbocycles. The Hall–Kier alpha value is 1.40. The molecule has 31 heavy (non-hydrogen) atoms. The maximum atomic E-state index is 4.66. The molecule has 12 radical (unpaired) electrons. The summed E-state index contributed by atoms with van der Waals surface area (Å²) in [5.74, 6) is 15.2. The van der Waals surface area contributed by atoms with E-state index in [1.807, 2.05) is 0 Å². The summed E-state index contributed by atoms with van der Waals surface area (Å²) in [6, 6.07) is 0. The molecule has 174 valence electrons. The van der Waals surface area contributed by atoms with Crippen molar-refractivity contribution in [1.82, 2.24) is 0 Å². The van der Waals surface area contributed by atoms with Crippen LogP contribution in [0.3, 0.4) is 0 Å². The molecular formula is C28H48O2Sr. The Morgan fingerprint density at radius 1 is 0.452 bits per heavy atom. The predicted molar refractivity (Wildman–Crippen MR) is 137 cm³/mol. The molecule has 0 aromatic heterocycles. The van der Waals surface area contributed by atoms with Crippen molar-refractivity contribution < 1.29 is 9.47 Å². The zero-order valence-corrected chi connectivity index (χ0v) is 26.2. The van der Waals surface area contributed by atoms with E-state index in [1.54, 1.807) is 26.1 Å². The van der Waals surface area contributed by atoms with Crippen molar-refractivity contribution in [3.63, 3.8) is 0 Å². The molecule has 0 saturated heterocycles. The first-order chi connectivity index (χ1) is 14.1. The molecule has 0 heterocycles.